The molecule has 3 nitrogen and oxygen atoms in total. The molecule has 116 valence electrons. The fraction of sp³-hybridized carbons (Fsp3) is 0.188. The third-order valence-electron chi connectivity index (χ3n) is 3.00. The molecule has 22 heavy (non-hydrogen) atoms. The van der Waals surface area contributed by atoms with Gasteiger partial charge in [-0.2, -0.15) is 0 Å². The van der Waals surface area contributed by atoms with Gasteiger partial charge in [0.25, 0.3) is 5.91 Å². The van der Waals surface area contributed by atoms with Crippen molar-refractivity contribution in [1.29, 1.82) is 0 Å². The van der Waals surface area contributed by atoms with Gasteiger partial charge in [-0.05, 0) is 49.7 Å². The first-order valence-electron chi connectivity index (χ1n) is 6.61. The fourth-order valence-electron chi connectivity index (χ4n) is 1.92. The fourth-order valence-corrected chi connectivity index (χ4v) is 2.52. The lowest BCUT2D eigenvalue weighted by Gasteiger charge is -2.11. The minimum atomic E-state index is -0.286. The molecule has 1 amide bonds. The van der Waals surface area contributed by atoms with Gasteiger partial charge >= 0.3 is 0 Å². The first kappa shape index (κ1) is 16.9. The first-order valence-corrected chi connectivity index (χ1v) is 7.75. The van der Waals surface area contributed by atoms with Gasteiger partial charge in [-0.15, -0.1) is 0 Å². The van der Waals surface area contributed by atoms with E-state index >= 15 is 0 Å². The normalized spacial score (nSPS) is 10.4. The van der Waals surface area contributed by atoms with Gasteiger partial charge in [0.05, 0.1) is 27.4 Å². The SMILES string of the molecule is CCOc1ccc(C(=O)Nc2cc(Cl)c(Cl)cc2Cl)cc1C. The number of rotatable bonds is 4. The van der Waals surface area contributed by atoms with E-state index in [9.17, 15) is 4.79 Å². The molecule has 0 aliphatic carbocycles. The van der Waals surface area contributed by atoms with Crippen LogP contribution in [-0.4, -0.2) is 12.5 Å². The van der Waals surface area contributed by atoms with Crippen LogP contribution in [0, 0.1) is 6.92 Å². The smallest absolute Gasteiger partial charge is 0.255 e. The molecular formula is C16H14Cl3NO2. The molecule has 1 N–H and O–H groups in total. The summed E-state index contributed by atoms with van der Waals surface area (Å²) in [7, 11) is 0. The maximum atomic E-state index is 12.3. The lowest BCUT2D eigenvalue weighted by atomic mass is 10.1. The maximum absolute atomic E-state index is 12.3. The molecule has 2 aromatic rings. The Hall–Kier alpha value is -1.42. The minimum Gasteiger partial charge on any atom is -0.494 e. The Morgan fingerprint density at radius 2 is 1.77 bits per heavy atom. The van der Waals surface area contributed by atoms with E-state index in [2.05, 4.69) is 5.32 Å². The lowest BCUT2D eigenvalue weighted by molar-refractivity contribution is 0.102. The van der Waals surface area contributed by atoms with E-state index in [1.807, 2.05) is 13.8 Å². The molecule has 0 atom stereocenters. The number of benzene rings is 2. The van der Waals surface area contributed by atoms with Gasteiger partial charge in [-0.25, -0.2) is 0 Å². The first-order chi connectivity index (χ1) is 10.4. The highest BCUT2D eigenvalue weighted by molar-refractivity contribution is 6.44. The van der Waals surface area contributed by atoms with Crippen LogP contribution in [-0.2, 0) is 0 Å². The van der Waals surface area contributed by atoms with Crippen molar-refractivity contribution in [2.75, 3.05) is 11.9 Å². The van der Waals surface area contributed by atoms with E-state index in [1.165, 1.54) is 12.1 Å². The Morgan fingerprint density at radius 3 is 2.41 bits per heavy atom. The Kier molecular flexibility index (Phi) is 5.57. The standard InChI is InChI=1S/C16H14Cl3NO2/c1-3-22-15-5-4-10(6-9(15)2)16(21)20-14-8-12(18)11(17)7-13(14)19/h4-8H,3H2,1-2H3,(H,20,21). The summed E-state index contributed by atoms with van der Waals surface area (Å²) < 4.78 is 5.45. The summed E-state index contributed by atoms with van der Waals surface area (Å²) in [6, 6.07) is 8.23. The second kappa shape index (κ2) is 7.23. The molecule has 0 heterocycles. The summed E-state index contributed by atoms with van der Waals surface area (Å²) in [4.78, 5) is 12.3. The third-order valence-corrected chi connectivity index (χ3v) is 4.03. The van der Waals surface area contributed by atoms with E-state index in [1.54, 1.807) is 18.2 Å². The van der Waals surface area contributed by atoms with Crippen LogP contribution in [0.1, 0.15) is 22.8 Å². The molecule has 0 aliphatic rings. The number of hydrogen-bond acceptors (Lipinski definition) is 2. The highest BCUT2D eigenvalue weighted by Crippen LogP contribution is 2.32. The Morgan fingerprint density at radius 1 is 1.09 bits per heavy atom. The highest BCUT2D eigenvalue weighted by Gasteiger charge is 2.12. The summed E-state index contributed by atoms with van der Waals surface area (Å²) in [5.41, 5.74) is 1.80. The average molecular weight is 359 g/mol. The van der Waals surface area contributed by atoms with E-state index in [4.69, 9.17) is 39.5 Å². The summed E-state index contributed by atoms with van der Waals surface area (Å²) in [6.45, 7) is 4.37. The number of carbonyl (C=O) groups is 1. The third kappa shape index (κ3) is 3.86. The molecule has 0 saturated carbocycles. The summed E-state index contributed by atoms with van der Waals surface area (Å²) in [6.07, 6.45) is 0. The number of amides is 1. The molecule has 0 aromatic heterocycles. The largest absolute Gasteiger partial charge is 0.494 e. The van der Waals surface area contributed by atoms with Crippen molar-refractivity contribution >= 4 is 46.4 Å². The van der Waals surface area contributed by atoms with Crippen LogP contribution in [0.15, 0.2) is 30.3 Å². The summed E-state index contributed by atoms with van der Waals surface area (Å²) >= 11 is 17.9. The van der Waals surface area contributed by atoms with Crippen molar-refractivity contribution in [3.63, 3.8) is 0 Å². The van der Waals surface area contributed by atoms with Crippen LogP contribution in [0.4, 0.5) is 5.69 Å². The van der Waals surface area contributed by atoms with Crippen LogP contribution in [0.25, 0.3) is 0 Å². The van der Waals surface area contributed by atoms with E-state index < -0.39 is 0 Å². The molecule has 6 heteroatoms. The molecule has 0 saturated heterocycles. The quantitative estimate of drug-likeness (QED) is 0.722. The van der Waals surface area contributed by atoms with Crippen molar-refractivity contribution in [3.8, 4) is 5.75 Å². The maximum Gasteiger partial charge on any atom is 0.255 e. The van der Waals surface area contributed by atoms with Gasteiger partial charge in [0.2, 0.25) is 0 Å². The number of aryl methyl sites for hydroxylation is 1. The Labute approximate surface area is 144 Å². The van der Waals surface area contributed by atoms with Crippen LogP contribution in [0.3, 0.4) is 0 Å². The molecule has 2 rings (SSSR count). The number of nitrogens with one attached hydrogen (secondary N) is 1. The van der Waals surface area contributed by atoms with Gasteiger partial charge in [0, 0.05) is 5.56 Å². The molecule has 0 radical (unpaired) electrons. The van der Waals surface area contributed by atoms with Gasteiger partial charge in [0.1, 0.15) is 5.75 Å². The predicted molar refractivity (Wildman–Crippen MR) is 91.8 cm³/mol. The number of ether oxygens (including phenoxy) is 1. The number of carbonyl (C=O) groups excluding carboxylic acids is 1. The van der Waals surface area contributed by atoms with Gasteiger partial charge in [-0.3, -0.25) is 4.79 Å². The van der Waals surface area contributed by atoms with Gasteiger partial charge in [-0.1, -0.05) is 34.8 Å². The number of halogens is 3. The van der Waals surface area contributed by atoms with Crippen molar-refractivity contribution in [2.45, 2.75) is 13.8 Å². The van der Waals surface area contributed by atoms with Crippen molar-refractivity contribution in [3.05, 3.63) is 56.5 Å². The van der Waals surface area contributed by atoms with Gasteiger partial charge < -0.3 is 10.1 Å². The zero-order chi connectivity index (χ0) is 16.3. The molecule has 0 bridgehead atoms. The second-order valence-corrected chi connectivity index (χ2v) is 5.84. The zero-order valence-electron chi connectivity index (χ0n) is 12.0. The molecule has 0 spiro atoms. The molecule has 0 aliphatic heterocycles. The number of anilines is 1. The van der Waals surface area contributed by atoms with E-state index in [-0.39, 0.29) is 5.91 Å². The lowest BCUT2D eigenvalue weighted by Crippen LogP contribution is -2.12. The summed E-state index contributed by atoms with van der Waals surface area (Å²) in [5, 5.41) is 3.70. The monoisotopic (exact) mass is 357 g/mol. The predicted octanol–water partition coefficient (Wildman–Crippen LogP) is 5.61. The molecule has 0 unspecified atom stereocenters. The molecular weight excluding hydrogens is 345 g/mol. The number of hydrogen-bond donors (Lipinski definition) is 1. The minimum absolute atomic E-state index is 0.286. The van der Waals surface area contributed by atoms with Crippen LogP contribution < -0.4 is 10.1 Å². The molecule has 2 aromatic carbocycles. The second-order valence-electron chi connectivity index (χ2n) is 4.61. The Balaban J connectivity index is 2.22. The molecule has 0 fully saturated rings. The van der Waals surface area contributed by atoms with Crippen molar-refractivity contribution in [1.82, 2.24) is 0 Å². The Bertz CT molecular complexity index is 717. The zero-order valence-corrected chi connectivity index (χ0v) is 14.3. The van der Waals surface area contributed by atoms with Crippen molar-refractivity contribution in [2.24, 2.45) is 0 Å². The summed E-state index contributed by atoms with van der Waals surface area (Å²) in [5.74, 6) is 0.470. The van der Waals surface area contributed by atoms with Crippen molar-refractivity contribution < 1.29 is 9.53 Å². The van der Waals surface area contributed by atoms with Crippen LogP contribution in [0.2, 0.25) is 15.1 Å². The topological polar surface area (TPSA) is 38.3 Å². The van der Waals surface area contributed by atoms with Crippen LogP contribution in [0.5, 0.6) is 5.75 Å². The average Bonchev–Trinajstić information content (AvgIpc) is 2.47. The van der Waals surface area contributed by atoms with E-state index in [0.29, 0.717) is 32.9 Å². The highest BCUT2D eigenvalue weighted by atomic mass is 35.5. The van der Waals surface area contributed by atoms with Crippen LogP contribution >= 0.6 is 34.8 Å². The van der Waals surface area contributed by atoms with E-state index in [0.717, 1.165) is 11.3 Å². The van der Waals surface area contributed by atoms with Gasteiger partial charge in [0.15, 0.2) is 0 Å².